The van der Waals surface area contributed by atoms with Gasteiger partial charge in [-0.15, -0.1) is 0 Å². The molecule has 1 aliphatic rings. The quantitative estimate of drug-likeness (QED) is 0.833. The van der Waals surface area contributed by atoms with Crippen molar-refractivity contribution in [2.75, 3.05) is 6.54 Å². The van der Waals surface area contributed by atoms with Crippen LogP contribution in [0.5, 0.6) is 5.75 Å². The van der Waals surface area contributed by atoms with Crippen molar-refractivity contribution in [3.05, 3.63) is 28.3 Å². The minimum atomic E-state index is -0.0133. The van der Waals surface area contributed by atoms with Crippen LogP contribution in [0.3, 0.4) is 0 Å². The summed E-state index contributed by atoms with van der Waals surface area (Å²) in [5.74, 6) is 0.289. The average molecular weight is 240 g/mol. The summed E-state index contributed by atoms with van der Waals surface area (Å²) in [7, 11) is 0. The fraction of sp³-hybridized carbons (Fsp3) is 0.538. The average Bonchev–Trinajstić information content (AvgIpc) is 2.73. The fourth-order valence-electron chi connectivity index (χ4n) is 2.77. The van der Waals surface area contributed by atoms with Gasteiger partial charge in [-0.25, -0.2) is 0 Å². The van der Waals surface area contributed by atoms with Gasteiger partial charge in [-0.05, 0) is 43.0 Å². The molecule has 0 saturated heterocycles. The van der Waals surface area contributed by atoms with Crippen molar-refractivity contribution in [2.24, 2.45) is 5.73 Å². The minimum absolute atomic E-state index is 0.0133. The zero-order valence-electron chi connectivity index (χ0n) is 9.59. The molecule has 0 atom stereocenters. The van der Waals surface area contributed by atoms with Gasteiger partial charge in [0.2, 0.25) is 0 Å². The van der Waals surface area contributed by atoms with E-state index in [1.54, 1.807) is 12.1 Å². The van der Waals surface area contributed by atoms with Crippen LogP contribution in [0.15, 0.2) is 12.1 Å². The lowest BCUT2D eigenvalue weighted by Crippen LogP contribution is -2.32. The molecule has 3 N–H and O–H groups in total. The number of halogens is 1. The van der Waals surface area contributed by atoms with Gasteiger partial charge < -0.3 is 10.8 Å². The number of aromatic hydroxyl groups is 1. The third-order valence-electron chi connectivity index (χ3n) is 3.76. The van der Waals surface area contributed by atoms with Crippen molar-refractivity contribution in [2.45, 2.75) is 38.0 Å². The lowest BCUT2D eigenvalue weighted by atomic mass is 9.78. The van der Waals surface area contributed by atoms with Gasteiger partial charge in [-0.3, -0.25) is 0 Å². The number of aryl methyl sites for hydroxylation is 1. The molecule has 1 fully saturated rings. The molecule has 0 amide bonds. The molecular weight excluding hydrogens is 222 g/mol. The van der Waals surface area contributed by atoms with Gasteiger partial charge in [0.1, 0.15) is 5.75 Å². The second-order valence-electron chi connectivity index (χ2n) is 4.82. The van der Waals surface area contributed by atoms with Gasteiger partial charge in [0.05, 0.1) is 0 Å². The predicted octanol–water partition coefficient (Wildman–Crippen LogP) is 3.12. The lowest BCUT2D eigenvalue weighted by Gasteiger charge is -2.29. The first-order valence-corrected chi connectivity index (χ1v) is 6.16. The molecule has 88 valence electrons. The normalized spacial score (nSPS) is 18.9. The third-order valence-corrected chi connectivity index (χ3v) is 4.26. The van der Waals surface area contributed by atoms with E-state index in [2.05, 4.69) is 0 Å². The van der Waals surface area contributed by atoms with Crippen LogP contribution in [0.25, 0.3) is 0 Å². The number of benzene rings is 1. The molecule has 0 bridgehead atoms. The van der Waals surface area contributed by atoms with E-state index in [0.717, 1.165) is 29.0 Å². The molecular formula is C13H18ClNO. The largest absolute Gasteiger partial charge is 0.508 e. The Morgan fingerprint density at radius 2 is 2.00 bits per heavy atom. The van der Waals surface area contributed by atoms with Crippen molar-refractivity contribution in [1.29, 1.82) is 0 Å². The van der Waals surface area contributed by atoms with E-state index >= 15 is 0 Å². The molecule has 0 radical (unpaired) electrons. The van der Waals surface area contributed by atoms with Gasteiger partial charge in [-0.1, -0.05) is 24.4 Å². The van der Waals surface area contributed by atoms with Crippen molar-refractivity contribution >= 4 is 11.6 Å². The maximum absolute atomic E-state index is 9.69. The van der Waals surface area contributed by atoms with Crippen LogP contribution in [0.1, 0.15) is 36.8 Å². The van der Waals surface area contributed by atoms with Gasteiger partial charge >= 0.3 is 0 Å². The highest BCUT2D eigenvalue weighted by Crippen LogP contribution is 2.44. The van der Waals surface area contributed by atoms with E-state index in [-0.39, 0.29) is 11.2 Å². The molecule has 2 rings (SSSR count). The van der Waals surface area contributed by atoms with Crippen LogP contribution >= 0.6 is 11.6 Å². The molecule has 1 aliphatic carbocycles. The maximum Gasteiger partial charge on any atom is 0.116 e. The molecule has 1 aromatic carbocycles. The maximum atomic E-state index is 9.69. The van der Waals surface area contributed by atoms with Gasteiger partial charge in [0.25, 0.3) is 0 Å². The van der Waals surface area contributed by atoms with E-state index in [1.165, 1.54) is 12.8 Å². The summed E-state index contributed by atoms with van der Waals surface area (Å²) in [5.41, 5.74) is 7.88. The SMILES string of the molecule is Cc1cc(O)cc(C2(CN)CCCC2)c1Cl. The lowest BCUT2D eigenvalue weighted by molar-refractivity contribution is 0.441. The Balaban J connectivity index is 2.53. The topological polar surface area (TPSA) is 46.2 Å². The second-order valence-corrected chi connectivity index (χ2v) is 5.19. The third kappa shape index (κ3) is 1.80. The Hall–Kier alpha value is -0.730. The van der Waals surface area contributed by atoms with Crippen LogP contribution in [0.4, 0.5) is 0 Å². The standard InChI is InChI=1S/C13H18ClNO/c1-9-6-10(16)7-11(12(9)14)13(8-15)4-2-3-5-13/h6-7,16H,2-5,8,15H2,1H3. The number of nitrogens with two attached hydrogens (primary N) is 1. The molecule has 0 unspecified atom stereocenters. The van der Waals surface area contributed by atoms with Crippen LogP contribution in [-0.4, -0.2) is 11.7 Å². The second kappa shape index (κ2) is 4.27. The summed E-state index contributed by atoms with van der Waals surface area (Å²) >= 11 is 6.35. The number of phenols is 1. The molecule has 0 spiro atoms. The monoisotopic (exact) mass is 239 g/mol. The molecule has 2 nitrogen and oxygen atoms in total. The van der Waals surface area contributed by atoms with E-state index in [4.69, 9.17) is 17.3 Å². The highest BCUT2D eigenvalue weighted by atomic mass is 35.5. The molecule has 16 heavy (non-hydrogen) atoms. The van der Waals surface area contributed by atoms with Crippen LogP contribution in [-0.2, 0) is 5.41 Å². The van der Waals surface area contributed by atoms with Gasteiger partial charge in [0.15, 0.2) is 0 Å². The Labute approximate surface area is 101 Å². The summed E-state index contributed by atoms with van der Waals surface area (Å²) in [6.07, 6.45) is 4.54. The minimum Gasteiger partial charge on any atom is -0.508 e. The number of phenolic OH excluding ortho intramolecular Hbond substituents is 1. The smallest absolute Gasteiger partial charge is 0.116 e. The van der Waals surface area contributed by atoms with Crippen molar-refractivity contribution in [1.82, 2.24) is 0 Å². The zero-order chi connectivity index (χ0) is 11.8. The summed E-state index contributed by atoms with van der Waals surface area (Å²) in [6.45, 7) is 2.53. The van der Waals surface area contributed by atoms with E-state index in [9.17, 15) is 5.11 Å². The Kier molecular flexibility index (Phi) is 3.13. The molecule has 1 aromatic rings. The van der Waals surface area contributed by atoms with E-state index < -0.39 is 0 Å². The Morgan fingerprint density at radius 3 is 2.56 bits per heavy atom. The Morgan fingerprint density at radius 1 is 1.38 bits per heavy atom. The van der Waals surface area contributed by atoms with Gasteiger partial charge in [0, 0.05) is 17.0 Å². The van der Waals surface area contributed by atoms with Crippen LogP contribution in [0.2, 0.25) is 5.02 Å². The first-order valence-electron chi connectivity index (χ1n) is 5.79. The highest BCUT2D eigenvalue weighted by Gasteiger charge is 2.36. The summed E-state index contributed by atoms with van der Waals surface area (Å²) in [6, 6.07) is 3.48. The summed E-state index contributed by atoms with van der Waals surface area (Å²) in [5, 5.41) is 10.5. The summed E-state index contributed by atoms with van der Waals surface area (Å²) in [4.78, 5) is 0. The van der Waals surface area contributed by atoms with E-state index in [0.29, 0.717) is 6.54 Å². The molecule has 0 heterocycles. The molecule has 1 saturated carbocycles. The van der Waals surface area contributed by atoms with Crippen molar-refractivity contribution < 1.29 is 5.11 Å². The number of hydrogen-bond donors (Lipinski definition) is 2. The first kappa shape index (κ1) is 11.7. The number of hydrogen-bond acceptors (Lipinski definition) is 2. The van der Waals surface area contributed by atoms with Gasteiger partial charge in [-0.2, -0.15) is 0 Å². The summed E-state index contributed by atoms with van der Waals surface area (Å²) < 4.78 is 0. The predicted molar refractivity (Wildman–Crippen MR) is 67.1 cm³/mol. The Bertz CT molecular complexity index is 397. The number of rotatable bonds is 2. The highest BCUT2D eigenvalue weighted by molar-refractivity contribution is 6.32. The van der Waals surface area contributed by atoms with Crippen LogP contribution < -0.4 is 5.73 Å². The molecule has 3 heteroatoms. The van der Waals surface area contributed by atoms with Crippen LogP contribution in [0, 0.1) is 6.92 Å². The van der Waals surface area contributed by atoms with Crippen molar-refractivity contribution in [3.8, 4) is 5.75 Å². The van der Waals surface area contributed by atoms with E-state index in [1.807, 2.05) is 6.92 Å². The van der Waals surface area contributed by atoms with Crippen molar-refractivity contribution in [3.63, 3.8) is 0 Å². The first-order chi connectivity index (χ1) is 7.59. The fourth-order valence-corrected chi connectivity index (χ4v) is 3.08. The molecule has 0 aliphatic heterocycles. The zero-order valence-corrected chi connectivity index (χ0v) is 10.3. The molecule has 0 aromatic heterocycles.